The van der Waals surface area contributed by atoms with Crippen molar-refractivity contribution in [2.75, 3.05) is 0 Å². The zero-order chi connectivity index (χ0) is 5.82. The quantitative estimate of drug-likeness (QED) is 0.531. The highest BCUT2D eigenvalue weighted by atomic mass is 14.8. The maximum atomic E-state index is 3.93. The van der Waals surface area contributed by atoms with Gasteiger partial charge in [-0.3, -0.25) is 0 Å². The molecule has 2 heteroatoms. The third-order valence-electron chi connectivity index (χ3n) is 0.892. The smallest absolute Gasteiger partial charge is 0.127 e. The molecule has 1 aromatic heterocycles. The van der Waals surface area contributed by atoms with Crippen LogP contribution in [0.4, 0.5) is 0 Å². The summed E-state index contributed by atoms with van der Waals surface area (Å²) in [4.78, 5) is 7.86. The first kappa shape index (κ1) is 5.22. The van der Waals surface area contributed by atoms with Crippen LogP contribution >= 0.6 is 0 Å². The lowest BCUT2D eigenvalue weighted by Gasteiger charge is -1.87. The van der Waals surface area contributed by atoms with Crippen molar-refractivity contribution in [3.05, 3.63) is 24.3 Å². The second-order valence-electron chi connectivity index (χ2n) is 1.45. The Balaban J connectivity index is 2.83. The molecule has 1 aromatic rings. The summed E-state index contributed by atoms with van der Waals surface area (Å²) < 4.78 is 0. The minimum absolute atomic E-state index is 0.878. The van der Waals surface area contributed by atoms with Crippen molar-refractivity contribution < 1.29 is 0 Å². The number of hydrogen-bond acceptors (Lipinski definition) is 2. The van der Waals surface area contributed by atoms with Crippen molar-refractivity contribution in [3.8, 4) is 0 Å². The Morgan fingerprint density at radius 3 is 2.50 bits per heavy atom. The van der Waals surface area contributed by atoms with Crippen LogP contribution in [-0.4, -0.2) is 9.97 Å². The van der Waals surface area contributed by atoms with Crippen LogP contribution in [-0.2, 0) is 6.42 Å². The lowest BCUT2D eigenvalue weighted by molar-refractivity contribution is 0.937. The van der Waals surface area contributed by atoms with Gasteiger partial charge in [-0.15, -0.1) is 0 Å². The van der Waals surface area contributed by atoms with E-state index >= 15 is 0 Å². The summed E-state index contributed by atoms with van der Waals surface area (Å²) in [6.07, 6.45) is 4.16. The van der Waals surface area contributed by atoms with Crippen molar-refractivity contribution >= 4 is 0 Å². The highest BCUT2D eigenvalue weighted by Crippen LogP contribution is 1.84. The van der Waals surface area contributed by atoms with Crippen molar-refractivity contribution in [2.45, 2.75) is 13.3 Å². The van der Waals surface area contributed by atoms with E-state index in [2.05, 4.69) is 16.0 Å². The third kappa shape index (κ3) is 1.03. The van der Waals surface area contributed by atoms with Gasteiger partial charge in [0.2, 0.25) is 0 Å². The number of rotatable bonds is 1. The molecule has 0 aromatic carbocycles. The Kier molecular flexibility index (Phi) is 1.57. The first-order valence-corrected chi connectivity index (χ1v) is 2.60. The van der Waals surface area contributed by atoms with Crippen LogP contribution in [0.3, 0.4) is 0 Å². The SMILES string of the molecule is CCc1nc[c]cn1. The molecular weight excluding hydrogens is 100 g/mol. The Labute approximate surface area is 48.6 Å². The summed E-state index contributed by atoms with van der Waals surface area (Å²) in [6, 6.07) is 2.74. The maximum Gasteiger partial charge on any atom is 0.127 e. The standard InChI is InChI=1S/C6H7N2/c1-2-6-7-4-3-5-8-6/h4-5H,2H2,1H3. The van der Waals surface area contributed by atoms with E-state index in [0.29, 0.717) is 0 Å². The first-order valence-electron chi connectivity index (χ1n) is 2.60. The minimum atomic E-state index is 0.878. The molecule has 0 amide bonds. The molecule has 1 rings (SSSR count). The van der Waals surface area contributed by atoms with E-state index in [1.807, 2.05) is 6.92 Å². The number of aromatic nitrogens is 2. The minimum Gasteiger partial charge on any atom is -0.241 e. The van der Waals surface area contributed by atoms with Gasteiger partial charge in [0.25, 0.3) is 0 Å². The Bertz CT molecular complexity index is 148. The van der Waals surface area contributed by atoms with Gasteiger partial charge in [0.05, 0.1) is 0 Å². The molecule has 0 fully saturated rings. The van der Waals surface area contributed by atoms with E-state index in [9.17, 15) is 0 Å². The molecule has 8 heavy (non-hydrogen) atoms. The average Bonchev–Trinajstić information content (AvgIpc) is 1.90. The van der Waals surface area contributed by atoms with Crippen molar-refractivity contribution in [2.24, 2.45) is 0 Å². The van der Waals surface area contributed by atoms with Crippen LogP contribution in [0, 0.1) is 6.07 Å². The number of nitrogens with zero attached hydrogens (tertiary/aromatic N) is 2. The maximum absolute atomic E-state index is 3.93. The predicted molar refractivity (Wildman–Crippen MR) is 30.2 cm³/mol. The molecule has 0 saturated heterocycles. The molecule has 0 aliphatic rings. The molecule has 2 nitrogen and oxygen atoms in total. The van der Waals surface area contributed by atoms with Crippen LogP contribution in [0.2, 0.25) is 0 Å². The number of aryl methyl sites for hydroxylation is 1. The average molecular weight is 107 g/mol. The van der Waals surface area contributed by atoms with Crippen LogP contribution in [0.1, 0.15) is 12.7 Å². The van der Waals surface area contributed by atoms with Gasteiger partial charge in [0, 0.05) is 24.9 Å². The van der Waals surface area contributed by atoms with Crippen molar-refractivity contribution in [1.29, 1.82) is 0 Å². The van der Waals surface area contributed by atoms with E-state index < -0.39 is 0 Å². The third-order valence-corrected chi connectivity index (χ3v) is 0.892. The lowest BCUT2D eigenvalue weighted by atomic mass is 10.4. The fraction of sp³-hybridized carbons (Fsp3) is 0.333. The molecule has 1 radical (unpaired) electrons. The molecule has 0 spiro atoms. The Morgan fingerprint density at radius 2 is 2.12 bits per heavy atom. The largest absolute Gasteiger partial charge is 0.241 e. The van der Waals surface area contributed by atoms with Gasteiger partial charge in [-0.25, -0.2) is 9.97 Å². The predicted octanol–water partition coefficient (Wildman–Crippen LogP) is 0.839. The van der Waals surface area contributed by atoms with Crippen LogP contribution < -0.4 is 0 Å². The van der Waals surface area contributed by atoms with Gasteiger partial charge >= 0.3 is 0 Å². The molecule has 0 saturated carbocycles. The lowest BCUT2D eigenvalue weighted by Crippen LogP contribution is -1.87. The zero-order valence-corrected chi connectivity index (χ0v) is 4.76. The summed E-state index contributed by atoms with van der Waals surface area (Å²) in [5, 5.41) is 0. The van der Waals surface area contributed by atoms with E-state index in [1.165, 1.54) is 0 Å². The van der Waals surface area contributed by atoms with Crippen LogP contribution in [0.25, 0.3) is 0 Å². The normalized spacial score (nSPS) is 9.12. The Hall–Kier alpha value is -0.920. The molecule has 0 bridgehead atoms. The molecule has 0 atom stereocenters. The zero-order valence-electron chi connectivity index (χ0n) is 4.76. The van der Waals surface area contributed by atoms with Crippen LogP contribution in [0.15, 0.2) is 12.4 Å². The highest BCUT2D eigenvalue weighted by Gasteiger charge is 1.83. The monoisotopic (exact) mass is 107 g/mol. The molecule has 0 aliphatic carbocycles. The van der Waals surface area contributed by atoms with E-state index in [0.717, 1.165) is 12.2 Å². The molecule has 0 unspecified atom stereocenters. The van der Waals surface area contributed by atoms with E-state index in [4.69, 9.17) is 0 Å². The second-order valence-corrected chi connectivity index (χ2v) is 1.45. The second kappa shape index (κ2) is 2.40. The topological polar surface area (TPSA) is 25.8 Å². The summed E-state index contributed by atoms with van der Waals surface area (Å²) >= 11 is 0. The van der Waals surface area contributed by atoms with Gasteiger partial charge in [-0.2, -0.15) is 0 Å². The molecule has 41 valence electrons. The van der Waals surface area contributed by atoms with Crippen LogP contribution in [0.5, 0.6) is 0 Å². The summed E-state index contributed by atoms with van der Waals surface area (Å²) in [5.74, 6) is 0.878. The first-order chi connectivity index (χ1) is 3.93. The van der Waals surface area contributed by atoms with Gasteiger partial charge < -0.3 is 0 Å². The molecule has 1 heterocycles. The van der Waals surface area contributed by atoms with E-state index in [1.54, 1.807) is 12.4 Å². The van der Waals surface area contributed by atoms with Gasteiger partial charge in [-0.05, 0) is 0 Å². The summed E-state index contributed by atoms with van der Waals surface area (Å²) in [6.45, 7) is 2.02. The van der Waals surface area contributed by atoms with Gasteiger partial charge in [0.1, 0.15) is 5.82 Å². The van der Waals surface area contributed by atoms with Crippen molar-refractivity contribution in [3.63, 3.8) is 0 Å². The fourth-order valence-electron chi connectivity index (χ4n) is 0.473. The molecule has 0 N–H and O–H groups in total. The number of hydrogen-bond donors (Lipinski definition) is 0. The Morgan fingerprint density at radius 1 is 1.50 bits per heavy atom. The van der Waals surface area contributed by atoms with Crippen molar-refractivity contribution in [1.82, 2.24) is 9.97 Å². The summed E-state index contributed by atoms with van der Waals surface area (Å²) in [7, 11) is 0. The summed E-state index contributed by atoms with van der Waals surface area (Å²) in [5.41, 5.74) is 0. The van der Waals surface area contributed by atoms with Gasteiger partial charge in [-0.1, -0.05) is 6.92 Å². The molecular formula is C6H7N2. The highest BCUT2D eigenvalue weighted by molar-refractivity contribution is 4.85. The molecule has 0 aliphatic heterocycles. The van der Waals surface area contributed by atoms with Gasteiger partial charge in [0.15, 0.2) is 0 Å². The van der Waals surface area contributed by atoms with E-state index in [-0.39, 0.29) is 0 Å². The fourth-order valence-corrected chi connectivity index (χ4v) is 0.473.